The molecule has 9 nitrogen and oxygen atoms in total. The van der Waals surface area contributed by atoms with Gasteiger partial charge in [0.25, 0.3) is 0 Å². The first kappa shape index (κ1) is 34.1. The molecule has 0 aliphatic carbocycles. The van der Waals surface area contributed by atoms with Crippen molar-refractivity contribution in [2.45, 2.75) is 100.0 Å². The first-order chi connectivity index (χ1) is 17.8. The molecule has 0 aromatic heterocycles. The second-order valence-electron chi connectivity index (χ2n) is 13.1. The predicted octanol–water partition coefficient (Wildman–Crippen LogP) is 5.48. The summed E-state index contributed by atoms with van der Waals surface area (Å²) in [5.74, 6) is -3.51. The molecule has 0 fully saturated rings. The van der Waals surface area contributed by atoms with Crippen molar-refractivity contribution in [1.82, 2.24) is 0 Å². The van der Waals surface area contributed by atoms with Crippen LogP contribution in [0.25, 0.3) is 0 Å². The number of aliphatic carboxylic acids is 1. The maximum Gasteiger partial charge on any atom is 0.321 e. The average molecular weight is 550 g/mol. The molecular weight excluding hydrogens is 502 g/mol. The summed E-state index contributed by atoms with van der Waals surface area (Å²) in [5.41, 5.74) is 5.87. The first-order valence-electron chi connectivity index (χ1n) is 13.5. The van der Waals surface area contributed by atoms with Crippen LogP contribution in [0.1, 0.15) is 99.5 Å². The summed E-state index contributed by atoms with van der Waals surface area (Å²) >= 11 is 0. The van der Waals surface area contributed by atoms with Crippen molar-refractivity contribution in [2.75, 3.05) is 6.61 Å². The molecule has 0 aliphatic heterocycles. The molecule has 0 heterocycles. The van der Waals surface area contributed by atoms with E-state index in [0.29, 0.717) is 17.9 Å². The highest BCUT2D eigenvalue weighted by Gasteiger charge is 2.33. The van der Waals surface area contributed by atoms with Gasteiger partial charge in [-0.1, -0.05) is 68.4 Å². The molecule has 1 aromatic carbocycles. The lowest BCUT2D eigenvalue weighted by Gasteiger charge is -2.28. The van der Waals surface area contributed by atoms with Gasteiger partial charge in [-0.3, -0.25) is 19.2 Å². The Morgan fingerprint density at radius 1 is 0.846 bits per heavy atom. The number of carboxylic acids is 1. The summed E-state index contributed by atoms with van der Waals surface area (Å²) < 4.78 is 16.6. The van der Waals surface area contributed by atoms with Crippen LogP contribution in [0.15, 0.2) is 18.2 Å². The summed E-state index contributed by atoms with van der Waals surface area (Å²) in [7, 11) is 0. The molecule has 0 spiro atoms. The average Bonchev–Trinajstić information content (AvgIpc) is 2.75. The Bertz CT molecular complexity index is 1000. The van der Waals surface area contributed by atoms with Crippen molar-refractivity contribution in [1.29, 1.82) is 0 Å². The van der Waals surface area contributed by atoms with Gasteiger partial charge in [0.05, 0.1) is 19.4 Å². The molecule has 1 aromatic rings. The molecule has 0 saturated carbocycles. The number of carbonyl (C=O) groups is 4. The smallest absolute Gasteiger partial charge is 0.321 e. The minimum atomic E-state index is -1.33. The Hall–Kier alpha value is -2.94. The molecule has 1 rings (SSSR count). The van der Waals surface area contributed by atoms with Crippen molar-refractivity contribution in [3.8, 4) is 11.5 Å². The van der Waals surface area contributed by atoms with Gasteiger partial charge < -0.3 is 25.1 Å². The van der Waals surface area contributed by atoms with Crippen molar-refractivity contribution < 1.29 is 38.5 Å². The minimum Gasteiger partial charge on any atom is -0.480 e. The number of carboxylic acid groups (broad SMARTS) is 1. The van der Waals surface area contributed by atoms with E-state index in [2.05, 4.69) is 0 Å². The van der Waals surface area contributed by atoms with Gasteiger partial charge in [-0.15, -0.1) is 0 Å². The largest absolute Gasteiger partial charge is 0.480 e. The topological polar surface area (TPSA) is 142 Å². The lowest BCUT2D eigenvalue weighted by atomic mass is 9.82. The number of rotatable bonds is 13. The summed E-state index contributed by atoms with van der Waals surface area (Å²) in [6.45, 7) is 17.1. The molecule has 0 aliphatic rings. The van der Waals surface area contributed by atoms with E-state index in [0.717, 1.165) is 0 Å². The van der Waals surface area contributed by atoms with Gasteiger partial charge in [0.15, 0.2) is 11.5 Å². The van der Waals surface area contributed by atoms with Gasteiger partial charge in [-0.05, 0) is 46.8 Å². The van der Waals surface area contributed by atoms with Gasteiger partial charge in [-0.2, -0.15) is 0 Å². The Morgan fingerprint density at radius 3 is 1.82 bits per heavy atom. The van der Waals surface area contributed by atoms with Gasteiger partial charge in [0.2, 0.25) is 0 Å². The number of hydrogen-bond donors (Lipinski definition) is 2. The molecule has 0 amide bonds. The molecular formula is C30H47NO8. The van der Waals surface area contributed by atoms with E-state index in [1.54, 1.807) is 13.0 Å². The zero-order valence-corrected chi connectivity index (χ0v) is 25.0. The molecule has 220 valence electrons. The normalized spacial score (nSPS) is 14.3. The van der Waals surface area contributed by atoms with Crippen molar-refractivity contribution in [3.05, 3.63) is 23.8 Å². The highest BCUT2D eigenvalue weighted by atomic mass is 16.6. The fraction of sp³-hybridized carbons (Fsp3) is 0.667. The zero-order chi connectivity index (χ0) is 30.1. The van der Waals surface area contributed by atoms with Gasteiger partial charge in [0, 0.05) is 12.3 Å². The minimum absolute atomic E-state index is 0.00674. The third kappa shape index (κ3) is 13.1. The molecule has 0 saturated heterocycles. The Balaban J connectivity index is 3.36. The van der Waals surface area contributed by atoms with E-state index >= 15 is 0 Å². The fourth-order valence-electron chi connectivity index (χ4n) is 3.93. The van der Waals surface area contributed by atoms with Crippen LogP contribution in [0.4, 0.5) is 0 Å². The van der Waals surface area contributed by atoms with Crippen LogP contribution in [0.2, 0.25) is 0 Å². The second kappa shape index (κ2) is 14.4. The van der Waals surface area contributed by atoms with Crippen LogP contribution in [-0.4, -0.2) is 41.6 Å². The monoisotopic (exact) mass is 549 g/mol. The molecule has 3 atom stereocenters. The van der Waals surface area contributed by atoms with E-state index in [4.69, 9.17) is 19.9 Å². The zero-order valence-electron chi connectivity index (χ0n) is 25.0. The quantitative estimate of drug-likeness (QED) is 0.241. The number of ether oxygens (including phenoxy) is 3. The summed E-state index contributed by atoms with van der Waals surface area (Å²) in [6, 6.07) is 3.20. The lowest BCUT2D eigenvalue weighted by molar-refractivity contribution is -0.146. The Morgan fingerprint density at radius 2 is 1.36 bits per heavy atom. The fourth-order valence-corrected chi connectivity index (χ4v) is 3.93. The van der Waals surface area contributed by atoms with Crippen LogP contribution in [0, 0.1) is 22.7 Å². The van der Waals surface area contributed by atoms with Crippen molar-refractivity contribution >= 4 is 23.9 Å². The maximum absolute atomic E-state index is 12.7. The Kier molecular flexibility index (Phi) is 12.6. The number of nitrogens with two attached hydrogens (primary N) is 1. The van der Waals surface area contributed by atoms with E-state index in [1.165, 1.54) is 12.1 Å². The van der Waals surface area contributed by atoms with Crippen LogP contribution >= 0.6 is 0 Å². The second-order valence-corrected chi connectivity index (χ2v) is 13.1. The predicted molar refractivity (Wildman–Crippen MR) is 148 cm³/mol. The number of hydrogen-bond acceptors (Lipinski definition) is 8. The molecule has 39 heavy (non-hydrogen) atoms. The third-order valence-electron chi connectivity index (χ3n) is 5.87. The highest BCUT2D eigenvalue weighted by Crippen LogP contribution is 2.37. The van der Waals surface area contributed by atoms with E-state index in [9.17, 15) is 24.3 Å². The van der Waals surface area contributed by atoms with E-state index < -0.39 is 35.8 Å². The highest BCUT2D eigenvalue weighted by molar-refractivity contribution is 5.78. The van der Waals surface area contributed by atoms with Gasteiger partial charge >= 0.3 is 23.9 Å². The molecule has 3 N–H and O–H groups in total. The van der Waals surface area contributed by atoms with E-state index in [-0.39, 0.29) is 54.2 Å². The van der Waals surface area contributed by atoms with Crippen LogP contribution < -0.4 is 15.2 Å². The van der Waals surface area contributed by atoms with Crippen LogP contribution in [0.5, 0.6) is 11.5 Å². The third-order valence-corrected chi connectivity index (χ3v) is 5.87. The maximum atomic E-state index is 12.7. The van der Waals surface area contributed by atoms with Crippen molar-refractivity contribution in [2.24, 2.45) is 28.4 Å². The number of carbonyl (C=O) groups excluding carboxylic acids is 3. The lowest BCUT2D eigenvalue weighted by Crippen LogP contribution is -2.40. The summed E-state index contributed by atoms with van der Waals surface area (Å²) in [4.78, 5) is 49.3. The van der Waals surface area contributed by atoms with Crippen LogP contribution in [-0.2, 0) is 23.9 Å². The Labute approximate surface area is 232 Å². The summed E-state index contributed by atoms with van der Waals surface area (Å²) in [5, 5.41) is 9.72. The number of esters is 3. The SMILES string of the molecule is CC(C)CCC(=O)OCC(C)C(c1ccc(OC(=O)CC(C)(C)C)c(OC(=O)CC(C)(C)C)c1)[C@H](N)C(=O)O. The molecule has 0 bridgehead atoms. The molecule has 2 unspecified atom stereocenters. The van der Waals surface area contributed by atoms with E-state index in [1.807, 2.05) is 55.4 Å². The first-order valence-corrected chi connectivity index (χ1v) is 13.5. The van der Waals surface area contributed by atoms with Gasteiger partial charge in [0.1, 0.15) is 6.04 Å². The van der Waals surface area contributed by atoms with Crippen molar-refractivity contribution in [3.63, 3.8) is 0 Å². The standard InChI is InChI=1S/C30H47NO8/c1-18(2)10-13-23(32)37-17-19(3)26(27(31)28(35)36)20-11-12-21(38-24(33)15-29(4,5)6)22(14-20)39-25(34)16-30(7,8)9/h11-12,14,18-19,26-27H,10,13,15-17,31H2,1-9H3,(H,35,36)/t19?,26?,27-/m0/s1. The number of benzene rings is 1. The molecule has 0 radical (unpaired) electrons. The van der Waals surface area contributed by atoms with Crippen LogP contribution in [0.3, 0.4) is 0 Å². The molecule has 9 heteroatoms. The van der Waals surface area contributed by atoms with Gasteiger partial charge in [-0.25, -0.2) is 0 Å². The summed E-state index contributed by atoms with van der Waals surface area (Å²) in [6.07, 6.45) is 1.19.